The molecule has 10 heteroatoms. The number of hydrogen-bond acceptors (Lipinski definition) is 7. The molecule has 0 saturated carbocycles. The van der Waals surface area contributed by atoms with Crippen molar-refractivity contribution in [3.05, 3.63) is 41.2 Å². The summed E-state index contributed by atoms with van der Waals surface area (Å²) in [4.78, 5) is 25.1. The minimum absolute atomic E-state index is 0.314. The van der Waals surface area contributed by atoms with Crippen LogP contribution < -0.4 is 25.6 Å². The van der Waals surface area contributed by atoms with Gasteiger partial charge in [-0.05, 0) is 36.6 Å². The zero-order valence-electron chi connectivity index (χ0n) is 19.2. The average molecular weight is 450 g/mol. The van der Waals surface area contributed by atoms with E-state index in [4.69, 9.17) is 15.5 Å². The molecule has 10 nitrogen and oxygen atoms in total. The normalized spacial score (nSPS) is 15.7. The Bertz CT molecular complexity index is 1210. The van der Waals surface area contributed by atoms with Crippen LogP contribution in [0.2, 0.25) is 0 Å². The molecule has 1 aromatic carbocycles. The maximum Gasteiger partial charge on any atom is 0.269 e. The summed E-state index contributed by atoms with van der Waals surface area (Å²) in [5.74, 6) is 0.661. The molecular formula is C23H29N8O2+. The number of likely N-dealkylation sites (N-methyl/N-ethyl adjacent to an activating group) is 1. The van der Waals surface area contributed by atoms with E-state index in [1.54, 1.807) is 23.7 Å². The monoisotopic (exact) mass is 449 g/mol. The van der Waals surface area contributed by atoms with Crippen LogP contribution in [0.3, 0.4) is 0 Å². The molecule has 0 radical (unpaired) electrons. The second-order valence-electron chi connectivity index (χ2n) is 8.68. The molecule has 0 unspecified atom stereocenters. The van der Waals surface area contributed by atoms with Gasteiger partial charge in [0.15, 0.2) is 5.69 Å². The largest absolute Gasteiger partial charge is 0.495 e. The number of aromatic nitrogens is 4. The minimum Gasteiger partial charge on any atom is -0.495 e. The van der Waals surface area contributed by atoms with E-state index >= 15 is 0 Å². The topological polar surface area (TPSA) is 116 Å². The van der Waals surface area contributed by atoms with Gasteiger partial charge in [-0.2, -0.15) is 5.10 Å². The molecule has 0 spiro atoms. The van der Waals surface area contributed by atoms with Gasteiger partial charge in [-0.1, -0.05) is 0 Å². The Morgan fingerprint density at radius 3 is 2.76 bits per heavy atom. The van der Waals surface area contributed by atoms with Crippen LogP contribution in [-0.4, -0.2) is 66.0 Å². The van der Waals surface area contributed by atoms with E-state index in [2.05, 4.69) is 39.5 Å². The molecule has 3 aromatic rings. The summed E-state index contributed by atoms with van der Waals surface area (Å²) in [7, 11) is 5.69. The highest BCUT2D eigenvalue weighted by Gasteiger charge is 2.28. The Balaban J connectivity index is 1.48. The lowest BCUT2D eigenvalue weighted by Crippen LogP contribution is -3.12. The molecule has 0 atom stereocenters. The summed E-state index contributed by atoms with van der Waals surface area (Å²) in [5, 5.41) is 7.68. The quantitative estimate of drug-likeness (QED) is 0.508. The van der Waals surface area contributed by atoms with E-state index in [0.717, 1.165) is 72.2 Å². The molecule has 3 heterocycles. The summed E-state index contributed by atoms with van der Waals surface area (Å²) in [5.41, 5.74) is 11.3. The van der Waals surface area contributed by atoms with E-state index < -0.39 is 5.91 Å². The first-order valence-corrected chi connectivity index (χ1v) is 11.2. The van der Waals surface area contributed by atoms with Gasteiger partial charge in [0.05, 0.1) is 57.4 Å². The number of ether oxygens (including phenoxy) is 1. The second kappa shape index (κ2) is 8.36. The number of piperazine rings is 1. The fraction of sp³-hybridized carbons (Fsp3) is 0.391. The van der Waals surface area contributed by atoms with Gasteiger partial charge in [0.2, 0.25) is 5.95 Å². The van der Waals surface area contributed by atoms with Crippen LogP contribution in [0.25, 0.3) is 11.4 Å². The SMILES string of the molecule is COc1ccc(N2CC[NH+](C)CC2)cc1Nc1ncc2c(n1)-c1c(c(C(N)=O)nn1C)CC2. The lowest BCUT2D eigenvalue weighted by atomic mass is 9.93. The van der Waals surface area contributed by atoms with Crippen LogP contribution in [0.4, 0.5) is 17.3 Å². The molecule has 2 aromatic heterocycles. The number of methoxy groups -OCH3 is 1. The van der Waals surface area contributed by atoms with Gasteiger partial charge < -0.3 is 25.6 Å². The van der Waals surface area contributed by atoms with E-state index in [-0.39, 0.29) is 0 Å². The number of anilines is 3. The summed E-state index contributed by atoms with van der Waals surface area (Å²) >= 11 is 0. The van der Waals surface area contributed by atoms with Crippen LogP contribution in [0.5, 0.6) is 5.75 Å². The van der Waals surface area contributed by atoms with Gasteiger partial charge in [0.25, 0.3) is 5.91 Å². The molecule has 1 amide bonds. The van der Waals surface area contributed by atoms with Gasteiger partial charge >= 0.3 is 0 Å². The first kappa shape index (κ1) is 21.2. The first-order chi connectivity index (χ1) is 15.9. The third-order valence-corrected chi connectivity index (χ3v) is 6.52. The maximum atomic E-state index is 11.8. The van der Waals surface area contributed by atoms with Crippen molar-refractivity contribution in [2.45, 2.75) is 12.8 Å². The second-order valence-corrected chi connectivity index (χ2v) is 8.68. The van der Waals surface area contributed by atoms with Crippen molar-refractivity contribution in [1.82, 2.24) is 19.7 Å². The highest BCUT2D eigenvalue weighted by atomic mass is 16.5. The summed E-state index contributed by atoms with van der Waals surface area (Å²) in [6, 6.07) is 6.15. The molecule has 1 saturated heterocycles. The lowest BCUT2D eigenvalue weighted by Gasteiger charge is -2.32. The smallest absolute Gasteiger partial charge is 0.269 e. The van der Waals surface area contributed by atoms with Crippen LogP contribution in [0.15, 0.2) is 24.4 Å². The van der Waals surface area contributed by atoms with Crippen molar-refractivity contribution in [2.75, 3.05) is 50.6 Å². The van der Waals surface area contributed by atoms with Crippen LogP contribution in [-0.2, 0) is 19.9 Å². The molecule has 0 bridgehead atoms. The number of carbonyl (C=O) groups is 1. The Hall–Kier alpha value is -3.66. The maximum absolute atomic E-state index is 11.8. The van der Waals surface area contributed by atoms with Gasteiger partial charge in [-0.15, -0.1) is 0 Å². The number of fused-ring (bicyclic) bond motifs is 3. The highest BCUT2D eigenvalue weighted by molar-refractivity contribution is 5.94. The number of benzene rings is 1. The minimum atomic E-state index is -0.519. The number of primary amides is 1. The number of amides is 1. The van der Waals surface area contributed by atoms with Gasteiger partial charge in [0.1, 0.15) is 5.75 Å². The molecule has 4 N–H and O–H groups in total. The number of nitrogens with two attached hydrogens (primary N) is 1. The standard InChI is InChI=1S/C23H28N8O2/c1-29-8-10-31(11-9-29)15-5-7-18(33-3)17(12-15)26-23-25-13-14-4-6-16-20(22(24)32)28-30(2)21(16)19(14)27-23/h5,7,12-13H,4,6,8-11H2,1-3H3,(H2,24,32)(H,25,26,27)/p+1. The number of hydrogen-bond donors (Lipinski definition) is 3. The van der Waals surface area contributed by atoms with E-state index in [1.165, 1.54) is 0 Å². The molecule has 5 rings (SSSR count). The summed E-state index contributed by atoms with van der Waals surface area (Å²) in [6.07, 6.45) is 3.26. The Morgan fingerprint density at radius 1 is 1.24 bits per heavy atom. The van der Waals surface area contributed by atoms with E-state index in [1.807, 2.05) is 12.3 Å². The Morgan fingerprint density at radius 2 is 2.03 bits per heavy atom. The third kappa shape index (κ3) is 3.86. The van der Waals surface area contributed by atoms with Crippen LogP contribution in [0, 0.1) is 0 Å². The fourth-order valence-corrected chi connectivity index (χ4v) is 4.67. The van der Waals surface area contributed by atoms with Gasteiger partial charge in [-0.3, -0.25) is 9.48 Å². The van der Waals surface area contributed by atoms with Crippen molar-refractivity contribution in [3.63, 3.8) is 0 Å². The predicted molar refractivity (Wildman–Crippen MR) is 125 cm³/mol. The molecule has 1 aliphatic carbocycles. The van der Waals surface area contributed by atoms with Gasteiger partial charge in [0, 0.05) is 24.5 Å². The zero-order chi connectivity index (χ0) is 23.1. The Labute approximate surface area is 192 Å². The number of quaternary nitrogens is 1. The molecular weight excluding hydrogens is 420 g/mol. The Kier molecular flexibility index (Phi) is 5.37. The molecule has 172 valence electrons. The summed E-state index contributed by atoms with van der Waals surface area (Å²) in [6.45, 7) is 4.25. The number of rotatable bonds is 5. The van der Waals surface area contributed by atoms with E-state index in [9.17, 15) is 4.79 Å². The number of nitrogens with one attached hydrogen (secondary N) is 2. The molecule has 1 aliphatic heterocycles. The van der Waals surface area contributed by atoms with Crippen molar-refractivity contribution in [1.29, 1.82) is 0 Å². The van der Waals surface area contributed by atoms with Crippen molar-refractivity contribution >= 4 is 23.2 Å². The van der Waals surface area contributed by atoms with Gasteiger partial charge in [-0.25, -0.2) is 9.97 Å². The molecule has 1 fully saturated rings. The van der Waals surface area contributed by atoms with Crippen LogP contribution >= 0.6 is 0 Å². The third-order valence-electron chi connectivity index (χ3n) is 6.52. The lowest BCUT2D eigenvalue weighted by molar-refractivity contribution is -0.880. The molecule has 2 aliphatic rings. The van der Waals surface area contributed by atoms with E-state index in [0.29, 0.717) is 18.1 Å². The number of aryl methyl sites for hydroxylation is 2. The highest BCUT2D eigenvalue weighted by Crippen LogP contribution is 2.35. The van der Waals surface area contributed by atoms with Crippen molar-refractivity contribution in [2.24, 2.45) is 12.8 Å². The predicted octanol–water partition coefficient (Wildman–Crippen LogP) is 0.162. The van der Waals surface area contributed by atoms with Crippen molar-refractivity contribution in [3.8, 4) is 17.1 Å². The van der Waals surface area contributed by atoms with Crippen molar-refractivity contribution < 1.29 is 14.4 Å². The first-order valence-electron chi connectivity index (χ1n) is 11.2. The number of nitrogens with zero attached hydrogens (tertiary/aromatic N) is 5. The van der Waals surface area contributed by atoms with Crippen LogP contribution in [0.1, 0.15) is 21.6 Å². The fourth-order valence-electron chi connectivity index (χ4n) is 4.67. The average Bonchev–Trinajstić information content (AvgIpc) is 3.17. The molecule has 33 heavy (non-hydrogen) atoms. The zero-order valence-corrected chi connectivity index (χ0v) is 19.2. The number of carbonyl (C=O) groups excluding carboxylic acids is 1. The summed E-state index contributed by atoms with van der Waals surface area (Å²) < 4.78 is 7.27.